The number of nitrogens with zero attached hydrogens (tertiary/aromatic N) is 1. The van der Waals surface area contributed by atoms with Crippen LogP contribution in [0.2, 0.25) is 0 Å². The van der Waals surface area contributed by atoms with Crippen LogP contribution in [0.15, 0.2) is 36.0 Å². The highest BCUT2D eigenvalue weighted by Crippen LogP contribution is 2.35. The highest BCUT2D eigenvalue weighted by molar-refractivity contribution is 5.80. The Morgan fingerprint density at radius 1 is 1.17 bits per heavy atom. The molecule has 0 bridgehead atoms. The highest BCUT2D eigenvalue weighted by Gasteiger charge is 2.31. The average molecular weight is 424 g/mol. The molecule has 8 heteroatoms. The van der Waals surface area contributed by atoms with Gasteiger partial charge in [-0.1, -0.05) is 18.2 Å². The van der Waals surface area contributed by atoms with E-state index in [4.69, 9.17) is 0 Å². The van der Waals surface area contributed by atoms with Crippen molar-refractivity contribution >= 4 is 11.8 Å². The quantitative estimate of drug-likeness (QED) is 0.692. The van der Waals surface area contributed by atoms with Crippen LogP contribution in [0.5, 0.6) is 5.75 Å². The van der Waals surface area contributed by atoms with Crippen LogP contribution in [0.4, 0.5) is 13.2 Å². The normalized spacial score (nSPS) is 19.0. The number of fused-ring (bicyclic) bond motifs is 1. The van der Waals surface area contributed by atoms with Crippen molar-refractivity contribution in [3.8, 4) is 5.75 Å². The monoisotopic (exact) mass is 424 g/mol. The molecule has 2 aliphatic rings. The number of halogens is 3. The summed E-state index contributed by atoms with van der Waals surface area (Å²) < 4.78 is 40.8. The number of carbonyl (C=O) groups excluding carboxylic acids is 2. The van der Waals surface area contributed by atoms with Gasteiger partial charge in [0, 0.05) is 31.6 Å². The Hall–Kier alpha value is -2.51. The maximum atomic E-state index is 12.6. The second-order valence-electron chi connectivity index (χ2n) is 7.77. The number of alkyl halides is 3. The summed E-state index contributed by atoms with van der Waals surface area (Å²) in [6.07, 6.45) is 3.90. The number of allylic oxidation sites excluding steroid dienone is 2. The van der Waals surface area contributed by atoms with E-state index in [9.17, 15) is 22.8 Å². The number of piperidine rings is 1. The summed E-state index contributed by atoms with van der Waals surface area (Å²) in [6, 6.07) is 5.49. The third kappa shape index (κ3) is 6.50. The molecule has 1 aliphatic carbocycles. The van der Waals surface area contributed by atoms with Gasteiger partial charge in [0.1, 0.15) is 5.75 Å². The first-order valence-electron chi connectivity index (χ1n) is 10.4. The van der Waals surface area contributed by atoms with Crippen molar-refractivity contribution in [2.45, 2.75) is 64.3 Å². The second-order valence-corrected chi connectivity index (χ2v) is 7.77. The van der Waals surface area contributed by atoms with Crippen molar-refractivity contribution in [3.63, 3.8) is 0 Å². The maximum Gasteiger partial charge on any atom is 0.573 e. The molecular formula is C22H27F3N2O3. The summed E-state index contributed by atoms with van der Waals surface area (Å²) in [4.78, 5) is 26.6. The number of likely N-dealkylation sites (tertiary alicyclic amines) is 1. The van der Waals surface area contributed by atoms with E-state index in [2.05, 4.69) is 16.1 Å². The fourth-order valence-corrected chi connectivity index (χ4v) is 4.12. The predicted molar refractivity (Wildman–Crippen MR) is 105 cm³/mol. The second kappa shape index (κ2) is 10.00. The fourth-order valence-electron chi connectivity index (χ4n) is 4.12. The molecule has 164 valence electrons. The lowest BCUT2D eigenvalue weighted by Gasteiger charge is -2.38. The molecule has 1 fully saturated rings. The van der Waals surface area contributed by atoms with Gasteiger partial charge in [0.15, 0.2) is 0 Å². The van der Waals surface area contributed by atoms with Gasteiger partial charge in [0.25, 0.3) is 0 Å². The van der Waals surface area contributed by atoms with E-state index in [-0.39, 0.29) is 30.5 Å². The van der Waals surface area contributed by atoms with Gasteiger partial charge in [-0.25, -0.2) is 0 Å². The Morgan fingerprint density at radius 2 is 1.97 bits per heavy atom. The molecule has 1 saturated heterocycles. The molecule has 0 aromatic heterocycles. The molecule has 1 heterocycles. The number of nitrogens with one attached hydrogen (secondary N) is 1. The van der Waals surface area contributed by atoms with E-state index in [0.29, 0.717) is 24.3 Å². The van der Waals surface area contributed by atoms with E-state index < -0.39 is 6.36 Å². The first-order valence-corrected chi connectivity index (χ1v) is 10.4. The Kier molecular flexibility index (Phi) is 7.39. The van der Waals surface area contributed by atoms with Crippen LogP contribution in [0, 0.1) is 5.92 Å². The van der Waals surface area contributed by atoms with Gasteiger partial charge in [-0.3, -0.25) is 9.59 Å². The molecule has 1 aromatic carbocycles. The number of hydrogen-bond donors (Lipinski definition) is 1. The van der Waals surface area contributed by atoms with Crippen molar-refractivity contribution in [2.24, 2.45) is 5.92 Å². The summed E-state index contributed by atoms with van der Waals surface area (Å²) in [5.41, 5.74) is 1.67. The third-order valence-corrected chi connectivity index (χ3v) is 5.49. The molecular weight excluding hydrogens is 397 g/mol. The van der Waals surface area contributed by atoms with Crippen LogP contribution in [0.3, 0.4) is 0 Å². The molecule has 3 rings (SSSR count). The molecule has 0 spiro atoms. The molecule has 1 aromatic rings. The van der Waals surface area contributed by atoms with Crippen LogP contribution in [0.25, 0.3) is 0 Å². The van der Waals surface area contributed by atoms with Crippen molar-refractivity contribution in [3.05, 3.63) is 41.6 Å². The van der Waals surface area contributed by atoms with Gasteiger partial charge >= 0.3 is 6.36 Å². The summed E-state index contributed by atoms with van der Waals surface area (Å²) in [6.45, 7) is 0.853. The molecule has 1 aliphatic heterocycles. The fraction of sp³-hybridized carbons (Fsp3) is 0.545. The van der Waals surface area contributed by atoms with Gasteiger partial charge in [0.2, 0.25) is 11.8 Å². The molecule has 1 N–H and O–H groups in total. The summed E-state index contributed by atoms with van der Waals surface area (Å²) in [7, 11) is 0. The van der Waals surface area contributed by atoms with Crippen LogP contribution >= 0.6 is 0 Å². The zero-order valence-electron chi connectivity index (χ0n) is 16.8. The van der Waals surface area contributed by atoms with Crippen LogP contribution in [0.1, 0.15) is 56.9 Å². The van der Waals surface area contributed by atoms with E-state index >= 15 is 0 Å². The minimum Gasteiger partial charge on any atom is -0.406 e. The zero-order chi connectivity index (χ0) is 21.6. The van der Waals surface area contributed by atoms with Crippen molar-refractivity contribution in [2.75, 3.05) is 6.54 Å². The number of rotatable bonds is 7. The highest BCUT2D eigenvalue weighted by atomic mass is 19.4. The first-order chi connectivity index (χ1) is 14.3. The number of ether oxygens (including phenoxy) is 1. The van der Waals surface area contributed by atoms with Crippen molar-refractivity contribution in [1.82, 2.24) is 10.2 Å². The minimum atomic E-state index is -4.75. The largest absolute Gasteiger partial charge is 0.573 e. The predicted octanol–water partition coefficient (Wildman–Crippen LogP) is 4.68. The molecule has 0 saturated carbocycles. The third-order valence-electron chi connectivity index (χ3n) is 5.49. The molecule has 5 nitrogen and oxygen atoms in total. The first kappa shape index (κ1) is 22.2. The van der Waals surface area contributed by atoms with Crippen LogP contribution < -0.4 is 10.1 Å². The molecule has 30 heavy (non-hydrogen) atoms. The van der Waals surface area contributed by atoms with Crippen LogP contribution in [-0.2, 0) is 16.1 Å². The number of carbonyl (C=O) groups is 2. The van der Waals surface area contributed by atoms with Gasteiger partial charge in [-0.15, -0.1) is 13.2 Å². The number of amides is 2. The smallest absolute Gasteiger partial charge is 0.406 e. The lowest BCUT2D eigenvalue weighted by Crippen LogP contribution is -2.39. The van der Waals surface area contributed by atoms with Gasteiger partial charge in [0.05, 0.1) is 0 Å². The van der Waals surface area contributed by atoms with E-state index in [1.165, 1.54) is 30.3 Å². The Balaban J connectivity index is 1.40. The lowest BCUT2D eigenvalue weighted by molar-refractivity contribution is -0.274. The molecule has 1 unspecified atom stereocenters. The van der Waals surface area contributed by atoms with Crippen molar-refractivity contribution < 1.29 is 27.5 Å². The summed E-state index contributed by atoms with van der Waals surface area (Å²) in [5.74, 6) is 0.00420. The SMILES string of the molecule is O=C(CCCC(=O)N1CCCC2CCCC=C21)NCc1cccc(OC(F)(F)F)c1. The van der Waals surface area contributed by atoms with E-state index in [1.807, 2.05) is 4.90 Å². The number of benzene rings is 1. The van der Waals surface area contributed by atoms with Crippen molar-refractivity contribution in [1.29, 1.82) is 0 Å². The summed E-state index contributed by atoms with van der Waals surface area (Å²) in [5, 5.41) is 2.68. The van der Waals surface area contributed by atoms with Gasteiger partial charge in [-0.05, 0) is 62.1 Å². The van der Waals surface area contributed by atoms with E-state index in [0.717, 1.165) is 32.2 Å². The topological polar surface area (TPSA) is 58.6 Å². The Morgan fingerprint density at radius 3 is 2.77 bits per heavy atom. The maximum absolute atomic E-state index is 12.6. The minimum absolute atomic E-state index is 0.0673. The Labute approximate surface area is 174 Å². The molecule has 1 atom stereocenters. The molecule has 2 amide bonds. The lowest BCUT2D eigenvalue weighted by atomic mass is 9.85. The number of hydrogen-bond acceptors (Lipinski definition) is 3. The van der Waals surface area contributed by atoms with Gasteiger partial charge < -0.3 is 15.0 Å². The van der Waals surface area contributed by atoms with Crippen LogP contribution in [-0.4, -0.2) is 29.6 Å². The van der Waals surface area contributed by atoms with Gasteiger partial charge in [-0.2, -0.15) is 0 Å². The molecule has 0 radical (unpaired) electrons. The standard InChI is InChI=1S/C22H27F3N2O3/c23-22(24,25)30-18-9-3-6-16(14-18)15-26-20(28)11-4-12-21(29)27-13-5-8-17-7-1-2-10-19(17)27/h3,6,9-10,14,17H,1-2,4-5,7-8,11-13,15H2,(H,26,28). The zero-order valence-corrected chi connectivity index (χ0v) is 16.8. The Bertz CT molecular complexity index is 792. The average Bonchev–Trinajstić information content (AvgIpc) is 2.71. The summed E-state index contributed by atoms with van der Waals surface area (Å²) >= 11 is 0. The van der Waals surface area contributed by atoms with E-state index in [1.54, 1.807) is 6.07 Å².